The van der Waals surface area contributed by atoms with Crippen LogP contribution in [0.4, 0.5) is 5.82 Å². The van der Waals surface area contributed by atoms with Crippen molar-refractivity contribution in [2.75, 3.05) is 5.73 Å². The highest BCUT2D eigenvalue weighted by atomic mass is 16.3. The van der Waals surface area contributed by atoms with E-state index in [1.807, 2.05) is 31.2 Å². The van der Waals surface area contributed by atoms with Gasteiger partial charge in [0, 0.05) is 30.1 Å². The number of pyridine rings is 2. The van der Waals surface area contributed by atoms with E-state index >= 15 is 0 Å². The molecule has 0 aliphatic carbocycles. The topological polar surface area (TPSA) is 72.0 Å². The zero-order valence-electron chi connectivity index (χ0n) is 9.67. The Labute approximate surface area is 100 Å². The van der Waals surface area contributed by atoms with Crippen molar-refractivity contribution in [1.29, 1.82) is 0 Å². The maximum Gasteiger partial charge on any atom is 0.129 e. The Morgan fingerprint density at radius 2 is 2.18 bits per heavy atom. The molecule has 0 spiro atoms. The molecule has 0 aliphatic rings. The van der Waals surface area contributed by atoms with Crippen LogP contribution in [0, 0.1) is 6.92 Å². The second-order valence-electron chi connectivity index (χ2n) is 4.03. The molecular formula is C13H15N3O. The second kappa shape index (κ2) is 4.93. The van der Waals surface area contributed by atoms with Gasteiger partial charge >= 0.3 is 0 Å². The van der Waals surface area contributed by atoms with Gasteiger partial charge < -0.3 is 10.8 Å². The number of rotatable bonds is 3. The number of nitrogens with zero attached hydrogens (tertiary/aromatic N) is 2. The second-order valence-corrected chi connectivity index (χ2v) is 4.03. The molecule has 3 N–H and O–H groups in total. The van der Waals surface area contributed by atoms with E-state index in [2.05, 4.69) is 9.97 Å². The summed E-state index contributed by atoms with van der Waals surface area (Å²) in [5.74, 6) is 0.374. The lowest BCUT2D eigenvalue weighted by Gasteiger charge is -2.12. The van der Waals surface area contributed by atoms with Crippen LogP contribution in [0.3, 0.4) is 0 Å². The number of anilines is 1. The molecule has 0 amide bonds. The van der Waals surface area contributed by atoms with E-state index in [-0.39, 0.29) is 0 Å². The number of nitrogen functional groups attached to an aromatic ring is 1. The Morgan fingerprint density at radius 1 is 1.35 bits per heavy atom. The van der Waals surface area contributed by atoms with Crippen LogP contribution >= 0.6 is 0 Å². The summed E-state index contributed by atoms with van der Waals surface area (Å²) in [5, 5.41) is 10.1. The fourth-order valence-electron chi connectivity index (χ4n) is 1.70. The first-order chi connectivity index (χ1) is 8.16. The summed E-state index contributed by atoms with van der Waals surface area (Å²) in [6.45, 7) is 1.92. The van der Waals surface area contributed by atoms with Crippen molar-refractivity contribution in [3.8, 4) is 0 Å². The first-order valence-electron chi connectivity index (χ1n) is 5.47. The Hall–Kier alpha value is -1.94. The van der Waals surface area contributed by atoms with Gasteiger partial charge in [0.05, 0.1) is 6.10 Å². The molecule has 4 heteroatoms. The van der Waals surface area contributed by atoms with E-state index in [4.69, 9.17) is 5.73 Å². The average molecular weight is 229 g/mol. The summed E-state index contributed by atoms with van der Waals surface area (Å²) in [6, 6.07) is 7.48. The van der Waals surface area contributed by atoms with Crippen molar-refractivity contribution < 1.29 is 5.11 Å². The number of aliphatic hydroxyl groups excluding tert-OH is 1. The number of aliphatic hydroxyl groups is 1. The molecule has 2 aromatic heterocycles. The molecule has 1 unspecified atom stereocenters. The fraction of sp³-hybridized carbons (Fsp3) is 0.231. The highest BCUT2D eigenvalue weighted by Crippen LogP contribution is 2.22. The van der Waals surface area contributed by atoms with E-state index in [0.717, 1.165) is 11.3 Å². The summed E-state index contributed by atoms with van der Waals surface area (Å²) >= 11 is 0. The quantitative estimate of drug-likeness (QED) is 0.839. The molecule has 0 bridgehead atoms. The first kappa shape index (κ1) is 11.5. The maximum atomic E-state index is 10.1. The highest BCUT2D eigenvalue weighted by molar-refractivity contribution is 5.42. The highest BCUT2D eigenvalue weighted by Gasteiger charge is 2.13. The molecule has 4 nitrogen and oxygen atoms in total. The Morgan fingerprint density at radius 3 is 2.88 bits per heavy atom. The van der Waals surface area contributed by atoms with E-state index in [1.54, 1.807) is 12.4 Å². The number of aromatic nitrogens is 2. The summed E-state index contributed by atoms with van der Waals surface area (Å²) in [7, 11) is 0. The summed E-state index contributed by atoms with van der Waals surface area (Å²) < 4.78 is 0. The summed E-state index contributed by atoms with van der Waals surface area (Å²) in [6.07, 6.45) is 3.17. The van der Waals surface area contributed by atoms with Crippen LogP contribution in [-0.2, 0) is 6.42 Å². The van der Waals surface area contributed by atoms with Crippen LogP contribution < -0.4 is 5.73 Å². The predicted molar refractivity (Wildman–Crippen MR) is 66.3 cm³/mol. The molecule has 0 radical (unpaired) electrons. The van der Waals surface area contributed by atoms with Crippen molar-refractivity contribution in [3.63, 3.8) is 0 Å². The van der Waals surface area contributed by atoms with Gasteiger partial charge in [0.15, 0.2) is 0 Å². The average Bonchev–Trinajstić information content (AvgIpc) is 2.33. The number of aryl methyl sites for hydroxylation is 1. The lowest BCUT2D eigenvalue weighted by molar-refractivity contribution is 0.177. The van der Waals surface area contributed by atoms with E-state index in [0.29, 0.717) is 17.8 Å². The van der Waals surface area contributed by atoms with Gasteiger partial charge in [0.1, 0.15) is 5.82 Å². The maximum absolute atomic E-state index is 10.1. The van der Waals surface area contributed by atoms with Gasteiger partial charge in [-0.3, -0.25) is 4.98 Å². The van der Waals surface area contributed by atoms with Crippen molar-refractivity contribution in [1.82, 2.24) is 9.97 Å². The molecule has 0 fully saturated rings. The number of hydrogen-bond acceptors (Lipinski definition) is 4. The molecular weight excluding hydrogens is 214 g/mol. The van der Waals surface area contributed by atoms with E-state index < -0.39 is 6.10 Å². The largest absolute Gasteiger partial charge is 0.388 e. The van der Waals surface area contributed by atoms with Crippen molar-refractivity contribution >= 4 is 5.82 Å². The monoisotopic (exact) mass is 229 g/mol. The molecule has 88 valence electrons. The molecule has 0 saturated carbocycles. The molecule has 0 saturated heterocycles. The number of nitrogens with two attached hydrogens (primary N) is 1. The van der Waals surface area contributed by atoms with Gasteiger partial charge in [-0.25, -0.2) is 4.98 Å². The van der Waals surface area contributed by atoms with Gasteiger partial charge in [-0.05, 0) is 30.7 Å². The minimum absolute atomic E-state index is 0.374. The van der Waals surface area contributed by atoms with Crippen molar-refractivity contribution in [2.45, 2.75) is 19.4 Å². The zero-order valence-corrected chi connectivity index (χ0v) is 9.67. The third kappa shape index (κ3) is 2.79. The van der Waals surface area contributed by atoms with Crippen molar-refractivity contribution in [2.24, 2.45) is 0 Å². The van der Waals surface area contributed by atoms with Crippen LogP contribution in [0.15, 0.2) is 36.7 Å². The van der Waals surface area contributed by atoms with Gasteiger partial charge in [0.2, 0.25) is 0 Å². The van der Waals surface area contributed by atoms with Gasteiger partial charge in [-0.15, -0.1) is 0 Å². The van der Waals surface area contributed by atoms with Crippen LogP contribution in [-0.4, -0.2) is 15.1 Å². The standard InChI is InChI=1S/C13H15N3O/c1-9-6-11(13(14)16-8-9)12(17)7-10-4-2-3-5-15-10/h2-6,8,12,17H,7H2,1H3,(H2,14,16). The predicted octanol–water partition coefficient (Wildman–Crippen LogP) is 1.64. The normalized spacial score (nSPS) is 12.4. The number of hydrogen-bond donors (Lipinski definition) is 2. The SMILES string of the molecule is Cc1cnc(N)c(C(O)Cc2ccccn2)c1. The molecule has 2 heterocycles. The Kier molecular flexibility index (Phi) is 3.35. The minimum Gasteiger partial charge on any atom is -0.388 e. The van der Waals surface area contributed by atoms with E-state index in [9.17, 15) is 5.11 Å². The molecule has 0 aliphatic heterocycles. The first-order valence-corrected chi connectivity index (χ1v) is 5.47. The molecule has 0 aromatic carbocycles. The third-order valence-corrected chi connectivity index (χ3v) is 2.57. The molecule has 1 atom stereocenters. The van der Waals surface area contributed by atoms with E-state index in [1.165, 1.54) is 0 Å². The minimum atomic E-state index is -0.669. The van der Waals surface area contributed by atoms with Crippen LogP contribution in [0.2, 0.25) is 0 Å². The zero-order chi connectivity index (χ0) is 12.3. The van der Waals surface area contributed by atoms with Crippen LogP contribution in [0.25, 0.3) is 0 Å². The van der Waals surface area contributed by atoms with Gasteiger partial charge in [0.25, 0.3) is 0 Å². The molecule has 2 aromatic rings. The fourth-order valence-corrected chi connectivity index (χ4v) is 1.70. The molecule has 2 rings (SSSR count). The Bertz CT molecular complexity index is 499. The summed E-state index contributed by atoms with van der Waals surface area (Å²) in [5.41, 5.74) is 8.23. The third-order valence-electron chi connectivity index (χ3n) is 2.57. The van der Waals surface area contributed by atoms with Gasteiger partial charge in [-0.1, -0.05) is 6.07 Å². The van der Waals surface area contributed by atoms with Crippen LogP contribution in [0.1, 0.15) is 22.9 Å². The van der Waals surface area contributed by atoms with Crippen molar-refractivity contribution in [3.05, 3.63) is 53.5 Å². The summed E-state index contributed by atoms with van der Waals surface area (Å²) in [4.78, 5) is 8.21. The smallest absolute Gasteiger partial charge is 0.129 e. The van der Waals surface area contributed by atoms with Gasteiger partial charge in [-0.2, -0.15) is 0 Å². The Balaban J connectivity index is 2.20. The van der Waals surface area contributed by atoms with Crippen LogP contribution in [0.5, 0.6) is 0 Å². The lowest BCUT2D eigenvalue weighted by Crippen LogP contribution is -2.08. The lowest BCUT2D eigenvalue weighted by atomic mass is 10.0. The molecule has 17 heavy (non-hydrogen) atoms.